The maximum absolute atomic E-state index is 13.5. The number of halogens is 4. The second-order valence-electron chi connectivity index (χ2n) is 7.64. The number of alkyl halides is 3. The molecule has 0 atom stereocenters. The van der Waals surface area contributed by atoms with E-state index in [0.717, 1.165) is 19.4 Å². The molecule has 12 heteroatoms. The smallest absolute Gasteiger partial charge is 0.421 e. The molecule has 0 saturated heterocycles. The highest BCUT2D eigenvalue weighted by molar-refractivity contribution is 6.30. The summed E-state index contributed by atoms with van der Waals surface area (Å²) < 4.78 is 50.6. The molecular formula is C24H19ClF3N3O5. The minimum atomic E-state index is -4.86. The SMILES string of the molecule is COC(=O)c1cc(Oc2ncc(C=O)cc2C(F)(F)F)ccc1N(C(=O)c1ccc(Cl)cn1)C(C)C. The van der Waals surface area contributed by atoms with Crippen LogP contribution in [0.3, 0.4) is 0 Å². The number of pyridine rings is 2. The van der Waals surface area contributed by atoms with Crippen LogP contribution in [0.2, 0.25) is 5.02 Å². The summed E-state index contributed by atoms with van der Waals surface area (Å²) in [5, 5.41) is 0.326. The number of nitrogens with zero attached hydrogens (tertiary/aromatic N) is 3. The molecule has 1 aromatic carbocycles. The zero-order chi connectivity index (χ0) is 26.6. The van der Waals surface area contributed by atoms with Crippen molar-refractivity contribution in [3.8, 4) is 11.6 Å². The number of benzene rings is 1. The van der Waals surface area contributed by atoms with E-state index in [0.29, 0.717) is 11.1 Å². The third-order valence-corrected chi connectivity index (χ3v) is 5.07. The molecule has 2 heterocycles. The summed E-state index contributed by atoms with van der Waals surface area (Å²) in [7, 11) is 1.11. The predicted molar refractivity (Wildman–Crippen MR) is 124 cm³/mol. The number of ether oxygens (including phenoxy) is 2. The Hall–Kier alpha value is -3.99. The van der Waals surface area contributed by atoms with Crippen molar-refractivity contribution in [3.05, 3.63) is 76.2 Å². The second kappa shape index (κ2) is 10.7. The largest absolute Gasteiger partial charge is 0.465 e. The number of anilines is 1. The zero-order valence-electron chi connectivity index (χ0n) is 19.2. The third-order valence-electron chi connectivity index (χ3n) is 4.84. The molecule has 0 aliphatic rings. The monoisotopic (exact) mass is 521 g/mol. The van der Waals surface area contributed by atoms with Gasteiger partial charge >= 0.3 is 12.1 Å². The van der Waals surface area contributed by atoms with Crippen LogP contribution in [-0.4, -0.2) is 41.3 Å². The van der Waals surface area contributed by atoms with E-state index >= 15 is 0 Å². The van der Waals surface area contributed by atoms with Crippen molar-refractivity contribution in [2.24, 2.45) is 0 Å². The highest BCUT2D eigenvalue weighted by Crippen LogP contribution is 2.38. The van der Waals surface area contributed by atoms with Crippen molar-refractivity contribution in [2.75, 3.05) is 12.0 Å². The number of rotatable bonds is 7. The number of amides is 1. The van der Waals surface area contributed by atoms with Gasteiger partial charge in [0.1, 0.15) is 17.0 Å². The summed E-state index contributed by atoms with van der Waals surface area (Å²) in [6.07, 6.45) is -2.42. The zero-order valence-corrected chi connectivity index (χ0v) is 19.9. The molecule has 3 aromatic rings. The average Bonchev–Trinajstić information content (AvgIpc) is 2.84. The lowest BCUT2D eigenvalue weighted by Gasteiger charge is -2.28. The van der Waals surface area contributed by atoms with Crippen molar-refractivity contribution in [1.82, 2.24) is 9.97 Å². The minimum Gasteiger partial charge on any atom is -0.465 e. The highest BCUT2D eigenvalue weighted by atomic mass is 35.5. The van der Waals surface area contributed by atoms with E-state index in [1.165, 1.54) is 35.4 Å². The van der Waals surface area contributed by atoms with Crippen molar-refractivity contribution >= 4 is 35.5 Å². The number of carbonyl (C=O) groups excluding carboxylic acids is 3. The van der Waals surface area contributed by atoms with Gasteiger partial charge in [0.15, 0.2) is 6.29 Å². The Morgan fingerprint density at radius 1 is 1.08 bits per heavy atom. The summed E-state index contributed by atoms with van der Waals surface area (Å²) in [4.78, 5) is 45.6. The molecule has 2 aromatic heterocycles. The summed E-state index contributed by atoms with van der Waals surface area (Å²) >= 11 is 5.85. The first kappa shape index (κ1) is 26.6. The van der Waals surface area contributed by atoms with E-state index in [9.17, 15) is 27.6 Å². The molecule has 3 rings (SSSR count). The van der Waals surface area contributed by atoms with Gasteiger partial charge in [-0.3, -0.25) is 9.59 Å². The maximum atomic E-state index is 13.5. The van der Waals surface area contributed by atoms with E-state index in [1.54, 1.807) is 13.8 Å². The summed E-state index contributed by atoms with van der Waals surface area (Å²) in [5.41, 5.74) is -1.54. The van der Waals surface area contributed by atoms with Gasteiger partial charge in [-0.1, -0.05) is 11.6 Å². The Morgan fingerprint density at radius 2 is 1.81 bits per heavy atom. The normalized spacial score (nSPS) is 11.2. The van der Waals surface area contributed by atoms with Crippen LogP contribution in [0.15, 0.2) is 48.8 Å². The average molecular weight is 522 g/mol. The molecule has 0 aliphatic heterocycles. The van der Waals surface area contributed by atoms with Crippen molar-refractivity contribution in [1.29, 1.82) is 0 Å². The fourth-order valence-corrected chi connectivity index (χ4v) is 3.35. The van der Waals surface area contributed by atoms with Crippen molar-refractivity contribution in [3.63, 3.8) is 0 Å². The number of aldehydes is 1. The number of esters is 1. The molecular weight excluding hydrogens is 503 g/mol. The highest BCUT2D eigenvalue weighted by Gasteiger charge is 2.36. The van der Waals surface area contributed by atoms with Gasteiger partial charge in [-0.25, -0.2) is 14.8 Å². The summed E-state index contributed by atoms with van der Waals surface area (Å²) in [5.74, 6) is -2.42. The second-order valence-corrected chi connectivity index (χ2v) is 8.08. The first-order valence-electron chi connectivity index (χ1n) is 10.3. The van der Waals surface area contributed by atoms with Crippen LogP contribution in [0.4, 0.5) is 18.9 Å². The van der Waals surface area contributed by atoms with Crippen LogP contribution in [0, 0.1) is 0 Å². The van der Waals surface area contributed by atoms with Crippen LogP contribution >= 0.6 is 11.6 Å². The molecule has 0 spiro atoms. The number of hydrogen-bond donors (Lipinski definition) is 0. The van der Waals surface area contributed by atoms with Gasteiger partial charge < -0.3 is 14.4 Å². The Kier molecular flexibility index (Phi) is 7.93. The standard InChI is InChI=1S/C24H19ClF3N3O5/c1-13(2)31(22(33)19-6-4-15(25)11-29-19)20-7-5-16(9-17(20)23(34)35-3)36-21-18(24(26,27)28)8-14(12-32)10-30-21/h4-13H,1-3H3. The number of methoxy groups -OCH3 is 1. The van der Waals surface area contributed by atoms with E-state index in [4.69, 9.17) is 21.1 Å². The van der Waals surface area contributed by atoms with Crippen LogP contribution in [0.1, 0.15) is 50.6 Å². The van der Waals surface area contributed by atoms with Gasteiger partial charge in [0.05, 0.1) is 23.4 Å². The topological polar surface area (TPSA) is 98.7 Å². The first-order chi connectivity index (χ1) is 17.0. The molecule has 0 fully saturated rings. The molecule has 0 radical (unpaired) electrons. The Morgan fingerprint density at radius 3 is 2.36 bits per heavy atom. The molecule has 0 unspecified atom stereocenters. The molecule has 0 aliphatic carbocycles. The van der Waals surface area contributed by atoms with Crippen LogP contribution in [0.25, 0.3) is 0 Å². The fraction of sp³-hybridized carbons (Fsp3) is 0.208. The van der Waals surface area contributed by atoms with Gasteiger partial charge in [0, 0.05) is 24.0 Å². The number of hydrogen-bond acceptors (Lipinski definition) is 7. The summed E-state index contributed by atoms with van der Waals surface area (Å²) in [6, 6.07) is 6.79. The van der Waals surface area contributed by atoms with E-state index in [2.05, 4.69) is 9.97 Å². The summed E-state index contributed by atoms with van der Waals surface area (Å²) in [6.45, 7) is 3.40. The molecule has 36 heavy (non-hydrogen) atoms. The maximum Gasteiger partial charge on any atom is 0.421 e. The Labute approximate surface area is 208 Å². The van der Waals surface area contributed by atoms with Gasteiger partial charge in [-0.15, -0.1) is 0 Å². The van der Waals surface area contributed by atoms with Gasteiger partial charge in [-0.2, -0.15) is 13.2 Å². The van der Waals surface area contributed by atoms with Crippen molar-refractivity contribution < 1.29 is 37.0 Å². The molecule has 0 bridgehead atoms. The Balaban J connectivity index is 2.08. The molecule has 0 N–H and O–H groups in total. The first-order valence-corrected chi connectivity index (χ1v) is 10.7. The molecule has 0 saturated carbocycles. The number of carbonyl (C=O) groups is 3. The lowest BCUT2D eigenvalue weighted by Crippen LogP contribution is -2.38. The lowest BCUT2D eigenvalue weighted by atomic mass is 10.1. The predicted octanol–water partition coefficient (Wildman–Crippen LogP) is 5.60. The molecule has 188 valence electrons. The van der Waals surface area contributed by atoms with Crippen LogP contribution < -0.4 is 9.64 Å². The van der Waals surface area contributed by atoms with E-state index in [-0.39, 0.29) is 34.5 Å². The fourth-order valence-electron chi connectivity index (χ4n) is 3.24. The lowest BCUT2D eigenvalue weighted by molar-refractivity contribution is -0.138. The Bertz CT molecular complexity index is 1300. The van der Waals surface area contributed by atoms with Crippen molar-refractivity contribution in [2.45, 2.75) is 26.1 Å². The number of aromatic nitrogens is 2. The van der Waals surface area contributed by atoms with Gasteiger partial charge in [0.2, 0.25) is 5.88 Å². The van der Waals surface area contributed by atoms with Crippen LogP contribution in [-0.2, 0) is 10.9 Å². The van der Waals surface area contributed by atoms with E-state index in [1.807, 2.05) is 0 Å². The van der Waals surface area contributed by atoms with E-state index < -0.39 is 35.5 Å². The molecule has 8 nitrogen and oxygen atoms in total. The third kappa shape index (κ3) is 5.80. The van der Waals surface area contributed by atoms with Crippen LogP contribution in [0.5, 0.6) is 11.6 Å². The van der Waals surface area contributed by atoms with Gasteiger partial charge in [-0.05, 0) is 50.2 Å². The molecule has 1 amide bonds. The quantitative estimate of drug-likeness (QED) is 0.295. The minimum absolute atomic E-state index is 0.0542. The van der Waals surface area contributed by atoms with Gasteiger partial charge in [0.25, 0.3) is 5.91 Å².